The van der Waals surface area contributed by atoms with Gasteiger partial charge >= 0.3 is 6.03 Å². The Kier molecular flexibility index (Phi) is 5.26. The average Bonchev–Trinajstić information content (AvgIpc) is 3.32. The lowest BCUT2D eigenvalue weighted by molar-refractivity contribution is -0.115. The number of aromatic nitrogens is 3. The fourth-order valence-corrected chi connectivity index (χ4v) is 4.09. The summed E-state index contributed by atoms with van der Waals surface area (Å²) in [4.78, 5) is 34.4. The van der Waals surface area contributed by atoms with Crippen molar-refractivity contribution in [1.82, 2.24) is 19.7 Å². The number of benzene rings is 1. The number of carbonyl (C=O) groups is 2. The van der Waals surface area contributed by atoms with E-state index < -0.39 is 0 Å². The molecule has 3 amide bonds. The number of amides is 3. The van der Waals surface area contributed by atoms with E-state index in [1.807, 2.05) is 0 Å². The first-order chi connectivity index (χ1) is 13.6. The molecule has 144 valence electrons. The second-order valence-electron chi connectivity index (χ2n) is 6.01. The van der Waals surface area contributed by atoms with Crippen molar-refractivity contribution in [2.24, 2.45) is 0 Å². The van der Waals surface area contributed by atoms with Crippen LogP contribution in [0.25, 0.3) is 11.4 Å². The summed E-state index contributed by atoms with van der Waals surface area (Å²) in [6.45, 7) is 1.28. The first kappa shape index (κ1) is 18.4. The Hall–Kier alpha value is -2.92. The maximum Gasteiger partial charge on any atom is 0.323 e. The molecule has 0 saturated carbocycles. The molecule has 3 aromatic rings. The fourth-order valence-electron chi connectivity index (χ4n) is 2.63. The lowest BCUT2D eigenvalue weighted by Gasteiger charge is -2.24. The number of nitrogens with zero attached hydrogens (tertiary/aromatic N) is 4. The SMILES string of the molecule is O=C(Cc1csc(N2CCCNC2=O)n1)Nc1nc(-c2ccc(F)cc2)ns1. The van der Waals surface area contributed by atoms with Crippen LogP contribution in [-0.2, 0) is 11.2 Å². The molecule has 4 rings (SSSR count). The molecule has 0 atom stereocenters. The molecule has 3 heterocycles. The molecule has 0 spiro atoms. The Morgan fingerprint density at radius 1 is 1.29 bits per heavy atom. The highest BCUT2D eigenvalue weighted by molar-refractivity contribution is 7.14. The predicted molar refractivity (Wildman–Crippen MR) is 105 cm³/mol. The van der Waals surface area contributed by atoms with E-state index in [0.717, 1.165) is 18.0 Å². The van der Waals surface area contributed by atoms with Crippen LogP contribution < -0.4 is 15.5 Å². The largest absolute Gasteiger partial charge is 0.338 e. The number of urea groups is 1. The zero-order valence-corrected chi connectivity index (χ0v) is 16.1. The maximum atomic E-state index is 13.0. The third kappa shape index (κ3) is 4.15. The zero-order valence-electron chi connectivity index (χ0n) is 14.5. The van der Waals surface area contributed by atoms with Crippen LogP contribution in [0.2, 0.25) is 0 Å². The van der Waals surface area contributed by atoms with Crippen molar-refractivity contribution in [2.45, 2.75) is 12.8 Å². The normalized spacial score (nSPS) is 14.0. The van der Waals surface area contributed by atoms with Gasteiger partial charge in [-0.3, -0.25) is 9.69 Å². The molecule has 8 nitrogen and oxygen atoms in total. The average molecular weight is 418 g/mol. The van der Waals surface area contributed by atoms with Gasteiger partial charge in [-0.2, -0.15) is 9.36 Å². The molecule has 1 aliphatic heterocycles. The molecule has 28 heavy (non-hydrogen) atoms. The topological polar surface area (TPSA) is 100 Å². The van der Waals surface area contributed by atoms with Crippen LogP contribution in [0, 0.1) is 5.82 Å². The summed E-state index contributed by atoms with van der Waals surface area (Å²) in [7, 11) is 0. The van der Waals surface area contributed by atoms with Gasteiger partial charge < -0.3 is 10.6 Å². The third-order valence-electron chi connectivity index (χ3n) is 3.97. The summed E-state index contributed by atoms with van der Waals surface area (Å²) in [5.74, 6) is -0.189. The van der Waals surface area contributed by atoms with Crippen molar-refractivity contribution in [1.29, 1.82) is 0 Å². The lowest BCUT2D eigenvalue weighted by Crippen LogP contribution is -2.46. The molecule has 0 aliphatic carbocycles. The highest BCUT2D eigenvalue weighted by Gasteiger charge is 2.22. The van der Waals surface area contributed by atoms with Gasteiger partial charge in [-0.15, -0.1) is 11.3 Å². The highest BCUT2D eigenvalue weighted by Crippen LogP contribution is 2.24. The van der Waals surface area contributed by atoms with E-state index >= 15 is 0 Å². The molecule has 2 N–H and O–H groups in total. The number of hydrogen-bond acceptors (Lipinski definition) is 7. The molecule has 1 aliphatic rings. The van der Waals surface area contributed by atoms with Crippen molar-refractivity contribution < 1.29 is 14.0 Å². The van der Waals surface area contributed by atoms with Crippen LogP contribution in [0.3, 0.4) is 0 Å². The summed E-state index contributed by atoms with van der Waals surface area (Å²) in [5, 5.41) is 8.16. The van der Waals surface area contributed by atoms with E-state index in [2.05, 4.69) is 25.0 Å². The number of thiazole rings is 1. The van der Waals surface area contributed by atoms with E-state index in [1.54, 1.807) is 22.4 Å². The molecule has 0 bridgehead atoms. The molecule has 1 fully saturated rings. The maximum absolute atomic E-state index is 13.0. The van der Waals surface area contributed by atoms with Gasteiger partial charge in [-0.1, -0.05) is 0 Å². The molecule has 0 unspecified atom stereocenters. The monoisotopic (exact) mass is 418 g/mol. The molecular weight excluding hydrogens is 403 g/mol. The van der Waals surface area contributed by atoms with Crippen molar-refractivity contribution in [3.8, 4) is 11.4 Å². The van der Waals surface area contributed by atoms with Crippen LogP contribution in [0.1, 0.15) is 12.1 Å². The smallest absolute Gasteiger partial charge is 0.323 e. The Bertz CT molecular complexity index is 1000. The summed E-state index contributed by atoms with van der Waals surface area (Å²) in [6.07, 6.45) is 0.923. The number of nitrogens with one attached hydrogen (secondary N) is 2. The van der Waals surface area contributed by atoms with Gasteiger partial charge in [0.1, 0.15) is 5.82 Å². The second kappa shape index (κ2) is 7.98. The van der Waals surface area contributed by atoms with Crippen LogP contribution in [0.5, 0.6) is 0 Å². The molecule has 1 aromatic carbocycles. The molecule has 1 saturated heterocycles. The van der Waals surface area contributed by atoms with Gasteiger partial charge in [-0.25, -0.2) is 14.2 Å². The zero-order chi connectivity index (χ0) is 19.5. The Morgan fingerprint density at radius 3 is 2.89 bits per heavy atom. The summed E-state index contributed by atoms with van der Waals surface area (Å²) >= 11 is 2.38. The van der Waals surface area contributed by atoms with E-state index in [1.165, 1.54) is 23.5 Å². The third-order valence-corrected chi connectivity index (χ3v) is 5.51. The molecule has 11 heteroatoms. The number of rotatable bonds is 5. The summed E-state index contributed by atoms with van der Waals surface area (Å²) in [6, 6.07) is 5.65. The van der Waals surface area contributed by atoms with E-state index in [-0.39, 0.29) is 24.2 Å². The van der Waals surface area contributed by atoms with Crippen molar-refractivity contribution in [2.75, 3.05) is 23.3 Å². The highest BCUT2D eigenvalue weighted by atomic mass is 32.1. The van der Waals surface area contributed by atoms with E-state index in [9.17, 15) is 14.0 Å². The number of anilines is 2. The molecule has 2 aromatic heterocycles. The van der Waals surface area contributed by atoms with Gasteiger partial charge in [0.05, 0.1) is 12.1 Å². The standard InChI is InChI=1S/C17H15FN6O2S2/c18-11-4-2-10(3-5-11)14-22-15(28-23-14)21-13(25)8-12-9-27-17(20-12)24-7-1-6-19-16(24)26/h2-5,9H,1,6-8H2,(H,19,26)(H,21,22,23,25). The number of carbonyl (C=O) groups excluding carboxylic acids is 2. The van der Waals surface area contributed by atoms with Gasteiger partial charge in [-0.05, 0) is 30.7 Å². The van der Waals surface area contributed by atoms with Crippen LogP contribution in [0.15, 0.2) is 29.6 Å². The minimum Gasteiger partial charge on any atom is -0.338 e. The predicted octanol–water partition coefficient (Wildman–Crippen LogP) is 2.90. The fraction of sp³-hybridized carbons (Fsp3) is 0.235. The van der Waals surface area contributed by atoms with Gasteiger partial charge in [0.2, 0.25) is 11.0 Å². The minimum atomic E-state index is -0.336. The van der Waals surface area contributed by atoms with E-state index in [4.69, 9.17) is 0 Å². The second-order valence-corrected chi connectivity index (χ2v) is 7.60. The first-order valence-corrected chi connectivity index (χ1v) is 10.1. The first-order valence-electron chi connectivity index (χ1n) is 8.48. The Morgan fingerprint density at radius 2 is 2.11 bits per heavy atom. The quantitative estimate of drug-likeness (QED) is 0.664. The van der Waals surface area contributed by atoms with Crippen LogP contribution in [0.4, 0.5) is 19.4 Å². The van der Waals surface area contributed by atoms with Crippen molar-refractivity contribution in [3.63, 3.8) is 0 Å². The molecular formula is C17H15FN6O2S2. The Balaban J connectivity index is 1.37. The van der Waals surface area contributed by atoms with Crippen LogP contribution in [-0.4, -0.2) is 39.4 Å². The lowest BCUT2D eigenvalue weighted by atomic mass is 10.2. The molecule has 0 radical (unpaired) electrons. The van der Waals surface area contributed by atoms with Crippen molar-refractivity contribution in [3.05, 3.63) is 41.2 Å². The van der Waals surface area contributed by atoms with Gasteiger partial charge in [0.15, 0.2) is 11.0 Å². The van der Waals surface area contributed by atoms with Crippen LogP contribution >= 0.6 is 22.9 Å². The minimum absolute atomic E-state index is 0.0669. The van der Waals surface area contributed by atoms with E-state index in [0.29, 0.717) is 40.4 Å². The van der Waals surface area contributed by atoms with Crippen molar-refractivity contribution >= 4 is 45.1 Å². The number of halogens is 1. The summed E-state index contributed by atoms with van der Waals surface area (Å²) in [5.41, 5.74) is 1.25. The summed E-state index contributed by atoms with van der Waals surface area (Å²) < 4.78 is 17.2. The van der Waals surface area contributed by atoms with Gasteiger partial charge in [0, 0.05) is 35.6 Å². The Labute approximate surface area is 167 Å². The number of hydrogen-bond donors (Lipinski definition) is 2. The van der Waals surface area contributed by atoms with Gasteiger partial charge in [0.25, 0.3) is 0 Å².